The first-order chi connectivity index (χ1) is 7.43. The summed E-state index contributed by atoms with van der Waals surface area (Å²) >= 11 is 0. The van der Waals surface area contributed by atoms with Crippen LogP contribution < -0.4 is 9.47 Å². The number of benzene rings is 1. The molecule has 0 saturated carbocycles. The smallest absolute Gasteiger partial charge is 0.166 e. The molecule has 0 heterocycles. The molecule has 0 aliphatic carbocycles. The van der Waals surface area contributed by atoms with Gasteiger partial charge in [0.25, 0.3) is 0 Å². The number of ether oxygens (including phenoxy) is 2. The molecule has 0 bridgehead atoms. The largest absolute Gasteiger partial charge is 0.493 e. The number of hydrogen-bond donors (Lipinski definition) is 1. The third-order valence-electron chi connectivity index (χ3n) is 2.30. The third kappa shape index (κ3) is 2.33. The minimum absolute atomic E-state index is 0.434. The molecule has 4 heteroatoms. The van der Waals surface area contributed by atoms with Gasteiger partial charge in [0.2, 0.25) is 0 Å². The van der Waals surface area contributed by atoms with E-state index in [1.165, 1.54) is 14.2 Å². The van der Waals surface area contributed by atoms with Crippen LogP contribution in [0, 0.1) is 0 Å². The SMILES string of the molecule is COc1cc(C=O)cc(C(C)(C)O)c1OC. The average molecular weight is 224 g/mol. The number of aliphatic hydroxyl groups is 1. The molecule has 0 saturated heterocycles. The zero-order valence-electron chi connectivity index (χ0n) is 9.90. The summed E-state index contributed by atoms with van der Waals surface area (Å²) < 4.78 is 10.3. The summed E-state index contributed by atoms with van der Waals surface area (Å²) in [6, 6.07) is 3.16. The van der Waals surface area contributed by atoms with Crippen LogP contribution in [-0.2, 0) is 5.60 Å². The fraction of sp³-hybridized carbons (Fsp3) is 0.417. The molecule has 0 aliphatic heterocycles. The molecule has 4 nitrogen and oxygen atoms in total. The van der Waals surface area contributed by atoms with Gasteiger partial charge in [-0.1, -0.05) is 0 Å². The van der Waals surface area contributed by atoms with E-state index in [2.05, 4.69) is 0 Å². The Morgan fingerprint density at radius 2 is 1.88 bits per heavy atom. The molecule has 0 amide bonds. The Hall–Kier alpha value is -1.55. The molecule has 1 aromatic rings. The zero-order valence-corrected chi connectivity index (χ0v) is 9.90. The molecule has 0 spiro atoms. The predicted octanol–water partition coefficient (Wildman–Crippen LogP) is 1.74. The average Bonchev–Trinajstić information content (AvgIpc) is 2.25. The van der Waals surface area contributed by atoms with Gasteiger partial charge in [0.15, 0.2) is 11.5 Å². The standard InChI is InChI=1S/C12H16O4/c1-12(2,14)9-5-8(7-13)6-10(15-3)11(9)16-4/h5-7,14H,1-4H3. The lowest BCUT2D eigenvalue weighted by Crippen LogP contribution is -2.17. The van der Waals surface area contributed by atoms with Crippen LogP contribution in [0.25, 0.3) is 0 Å². The normalized spacial score (nSPS) is 11.1. The van der Waals surface area contributed by atoms with Gasteiger partial charge in [0, 0.05) is 11.1 Å². The minimum atomic E-state index is -1.10. The van der Waals surface area contributed by atoms with Gasteiger partial charge in [-0.05, 0) is 26.0 Å². The predicted molar refractivity (Wildman–Crippen MR) is 60.2 cm³/mol. The number of aldehydes is 1. The molecule has 1 rings (SSSR count). The molecule has 1 aromatic carbocycles. The minimum Gasteiger partial charge on any atom is -0.493 e. The van der Waals surface area contributed by atoms with Crippen molar-refractivity contribution in [1.29, 1.82) is 0 Å². The summed E-state index contributed by atoms with van der Waals surface area (Å²) in [7, 11) is 2.98. The van der Waals surface area contributed by atoms with Gasteiger partial charge in [0.05, 0.1) is 19.8 Å². The van der Waals surface area contributed by atoms with Crippen molar-refractivity contribution in [2.24, 2.45) is 0 Å². The Bertz CT molecular complexity index is 391. The molecule has 0 aromatic heterocycles. The maximum absolute atomic E-state index is 10.8. The molecule has 0 atom stereocenters. The molecule has 0 aliphatic rings. The van der Waals surface area contributed by atoms with Crippen LogP contribution >= 0.6 is 0 Å². The Morgan fingerprint density at radius 3 is 2.25 bits per heavy atom. The summed E-state index contributed by atoms with van der Waals surface area (Å²) in [6.45, 7) is 3.25. The van der Waals surface area contributed by atoms with E-state index in [1.807, 2.05) is 0 Å². The van der Waals surface area contributed by atoms with Crippen molar-refractivity contribution < 1.29 is 19.4 Å². The van der Waals surface area contributed by atoms with E-state index in [1.54, 1.807) is 26.0 Å². The summed E-state index contributed by atoms with van der Waals surface area (Å²) in [4.78, 5) is 10.8. The van der Waals surface area contributed by atoms with Crippen LogP contribution in [0.5, 0.6) is 11.5 Å². The highest BCUT2D eigenvalue weighted by molar-refractivity contribution is 5.77. The summed E-state index contributed by atoms with van der Waals surface area (Å²) in [5, 5.41) is 9.99. The molecule has 0 fully saturated rings. The van der Waals surface area contributed by atoms with Crippen molar-refractivity contribution in [1.82, 2.24) is 0 Å². The highest BCUT2D eigenvalue weighted by atomic mass is 16.5. The van der Waals surface area contributed by atoms with Crippen molar-refractivity contribution in [3.8, 4) is 11.5 Å². The van der Waals surface area contributed by atoms with E-state index in [0.29, 0.717) is 28.9 Å². The number of methoxy groups -OCH3 is 2. The van der Waals surface area contributed by atoms with Gasteiger partial charge < -0.3 is 14.6 Å². The Kier molecular flexibility index (Phi) is 3.55. The fourth-order valence-corrected chi connectivity index (χ4v) is 1.51. The van der Waals surface area contributed by atoms with E-state index in [4.69, 9.17) is 9.47 Å². The van der Waals surface area contributed by atoms with Crippen LogP contribution in [0.2, 0.25) is 0 Å². The van der Waals surface area contributed by atoms with E-state index in [-0.39, 0.29) is 0 Å². The Morgan fingerprint density at radius 1 is 1.25 bits per heavy atom. The second kappa shape index (κ2) is 4.53. The van der Waals surface area contributed by atoms with Gasteiger partial charge in [-0.3, -0.25) is 4.79 Å². The van der Waals surface area contributed by atoms with Crippen LogP contribution in [-0.4, -0.2) is 25.6 Å². The fourth-order valence-electron chi connectivity index (χ4n) is 1.51. The van der Waals surface area contributed by atoms with E-state index in [0.717, 1.165) is 0 Å². The highest BCUT2D eigenvalue weighted by Gasteiger charge is 2.24. The second-order valence-corrected chi connectivity index (χ2v) is 3.98. The van der Waals surface area contributed by atoms with Crippen molar-refractivity contribution in [3.63, 3.8) is 0 Å². The molecule has 0 unspecified atom stereocenters. The lowest BCUT2D eigenvalue weighted by atomic mass is 9.95. The molecular weight excluding hydrogens is 208 g/mol. The summed E-state index contributed by atoms with van der Waals surface area (Å²) in [5.74, 6) is 0.879. The molecule has 88 valence electrons. The molecule has 1 N–H and O–H groups in total. The molecular formula is C12H16O4. The summed E-state index contributed by atoms with van der Waals surface area (Å²) in [6.07, 6.45) is 0.706. The van der Waals surface area contributed by atoms with Crippen LogP contribution in [0.15, 0.2) is 12.1 Å². The first-order valence-corrected chi connectivity index (χ1v) is 4.88. The van der Waals surface area contributed by atoms with Gasteiger partial charge in [0.1, 0.15) is 6.29 Å². The van der Waals surface area contributed by atoms with Gasteiger partial charge >= 0.3 is 0 Å². The number of carbonyl (C=O) groups excluding carboxylic acids is 1. The van der Waals surface area contributed by atoms with Crippen molar-refractivity contribution >= 4 is 6.29 Å². The highest BCUT2D eigenvalue weighted by Crippen LogP contribution is 2.38. The van der Waals surface area contributed by atoms with Crippen LogP contribution in [0.4, 0.5) is 0 Å². The monoisotopic (exact) mass is 224 g/mol. The van der Waals surface area contributed by atoms with Crippen LogP contribution in [0.1, 0.15) is 29.8 Å². The summed E-state index contributed by atoms with van der Waals surface area (Å²) in [5.41, 5.74) is -0.135. The van der Waals surface area contributed by atoms with E-state index in [9.17, 15) is 9.90 Å². The first kappa shape index (κ1) is 12.5. The first-order valence-electron chi connectivity index (χ1n) is 4.88. The van der Waals surface area contributed by atoms with E-state index < -0.39 is 5.60 Å². The van der Waals surface area contributed by atoms with Crippen molar-refractivity contribution in [3.05, 3.63) is 23.3 Å². The molecule has 16 heavy (non-hydrogen) atoms. The zero-order chi connectivity index (χ0) is 12.3. The molecule has 0 radical (unpaired) electrons. The number of rotatable bonds is 4. The van der Waals surface area contributed by atoms with Gasteiger partial charge in [-0.15, -0.1) is 0 Å². The Labute approximate surface area is 94.8 Å². The van der Waals surface area contributed by atoms with Crippen molar-refractivity contribution in [2.75, 3.05) is 14.2 Å². The third-order valence-corrected chi connectivity index (χ3v) is 2.30. The van der Waals surface area contributed by atoms with Gasteiger partial charge in [-0.2, -0.15) is 0 Å². The quantitative estimate of drug-likeness (QED) is 0.791. The van der Waals surface area contributed by atoms with Crippen molar-refractivity contribution in [2.45, 2.75) is 19.4 Å². The Balaban J connectivity index is 3.49. The maximum atomic E-state index is 10.8. The van der Waals surface area contributed by atoms with Gasteiger partial charge in [-0.25, -0.2) is 0 Å². The second-order valence-electron chi connectivity index (χ2n) is 3.98. The topological polar surface area (TPSA) is 55.8 Å². The number of carbonyl (C=O) groups is 1. The number of hydrogen-bond acceptors (Lipinski definition) is 4. The maximum Gasteiger partial charge on any atom is 0.166 e. The lowest BCUT2D eigenvalue weighted by Gasteiger charge is -2.22. The van der Waals surface area contributed by atoms with E-state index >= 15 is 0 Å². The lowest BCUT2D eigenvalue weighted by molar-refractivity contribution is 0.0750. The van der Waals surface area contributed by atoms with Crippen LogP contribution in [0.3, 0.4) is 0 Å².